The molecule has 0 atom stereocenters. The van der Waals surface area contributed by atoms with Gasteiger partial charge in [-0.3, -0.25) is 4.40 Å². The predicted octanol–water partition coefficient (Wildman–Crippen LogP) is 1.00. The van der Waals surface area contributed by atoms with Crippen LogP contribution in [0.5, 0.6) is 5.88 Å². The Morgan fingerprint density at radius 3 is 3.07 bits per heavy atom. The Morgan fingerprint density at radius 2 is 2.40 bits per heavy atom. The zero-order valence-corrected chi connectivity index (χ0v) is 9.86. The van der Waals surface area contributed by atoms with Gasteiger partial charge in [0, 0.05) is 6.42 Å². The first-order valence-electron chi connectivity index (χ1n) is 4.52. The Hall–Kier alpha value is -1.14. The predicted molar refractivity (Wildman–Crippen MR) is 60.0 cm³/mol. The molecule has 2 heterocycles. The summed E-state index contributed by atoms with van der Waals surface area (Å²) in [5.74, 6) is 0.555. The number of rotatable bonds is 3. The fourth-order valence-electron chi connectivity index (χ4n) is 1.36. The quantitative estimate of drug-likeness (QED) is 0.904. The summed E-state index contributed by atoms with van der Waals surface area (Å²) in [6.07, 6.45) is 4.20. The van der Waals surface area contributed by atoms with E-state index in [-0.39, 0.29) is 0 Å². The SMILES string of the molecule is COc1cn2c(Br)c(CCN)nc2cn1. The lowest BCUT2D eigenvalue weighted by Crippen LogP contribution is -2.03. The third-order valence-corrected chi connectivity index (χ3v) is 2.92. The van der Waals surface area contributed by atoms with E-state index in [4.69, 9.17) is 10.5 Å². The van der Waals surface area contributed by atoms with E-state index in [1.165, 1.54) is 0 Å². The summed E-state index contributed by atoms with van der Waals surface area (Å²) >= 11 is 3.48. The second-order valence-electron chi connectivity index (χ2n) is 3.05. The van der Waals surface area contributed by atoms with Crippen molar-refractivity contribution in [1.82, 2.24) is 14.4 Å². The second-order valence-corrected chi connectivity index (χ2v) is 3.80. The van der Waals surface area contributed by atoms with Gasteiger partial charge < -0.3 is 10.5 Å². The Kier molecular flexibility index (Phi) is 2.88. The molecule has 0 spiro atoms. The summed E-state index contributed by atoms with van der Waals surface area (Å²) in [5.41, 5.74) is 7.22. The lowest BCUT2D eigenvalue weighted by atomic mass is 10.3. The molecule has 0 unspecified atom stereocenters. The van der Waals surface area contributed by atoms with Crippen LogP contribution < -0.4 is 10.5 Å². The first-order chi connectivity index (χ1) is 7.26. The van der Waals surface area contributed by atoms with Gasteiger partial charge in [-0.15, -0.1) is 0 Å². The van der Waals surface area contributed by atoms with Gasteiger partial charge in [-0.25, -0.2) is 9.97 Å². The highest BCUT2D eigenvalue weighted by Crippen LogP contribution is 2.20. The molecule has 0 amide bonds. The third kappa shape index (κ3) is 1.82. The molecule has 0 bridgehead atoms. The van der Waals surface area contributed by atoms with E-state index in [0.717, 1.165) is 22.4 Å². The van der Waals surface area contributed by atoms with E-state index >= 15 is 0 Å². The molecule has 0 fully saturated rings. The summed E-state index contributed by atoms with van der Waals surface area (Å²) < 4.78 is 7.83. The highest BCUT2D eigenvalue weighted by molar-refractivity contribution is 9.10. The molecule has 2 aromatic rings. The number of nitrogens with zero attached hydrogens (tertiary/aromatic N) is 3. The number of hydrogen-bond donors (Lipinski definition) is 1. The fourth-order valence-corrected chi connectivity index (χ4v) is 1.93. The summed E-state index contributed by atoms with van der Waals surface area (Å²) in [7, 11) is 1.58. The van der Waals surface area contributed by atoms with Gasteiger partial charge in [0.1, 0.15) is 4.60 Å². The molecule has 15 heavy (non-hydrogen) atoms. The van der Waals surface area contributed by atoms with Crippen LogP contribution in [0.2, 0.25) is 0 Å². The fraction of sp³-hybridized carbons (Fsp3) is 0.333. The molecular weight excluding hydrogens is 260 g/mol. The van der Waals surface area contributed by atoms with Crippen molar-refractivity contribution >= 4 is 21.6 Å². The van der Waals surface area contributed by atoms with Crippen LogP contribution >= 0.6 is 15.9 Å². The van der Waals surface area contributed by atoms with Gasteiger partial charge in [0.05, 0.1) is 25.2 Å². The number of halogens is 1. The second kappa shape index (κ2) is 4.16. The van der Waals surface area contributed by atoms with Crippen molar-refractivity contribution in [1.29, 1.82) is 0 Å². The summed E-state index contributed by atoms with van der Waals surface area (Å²) in [5, 5.41) is 0. The first kappa shape index (κ1) is 10.4. The van der Waals surface area contributed by atoms with Crippen LogP contribution in [0.4, 0.5) is 0 Å². The van der Waals surface area contributed by atoms with Crippen molar-refractivity contribution < 1.29 is 4.74 Å². The van der Waals surface area contributed by atoms with E-state index in [1.54, 1.807) is 19.5 Å². The molecular formula is C9H11BrN4O. The molecule has 0 saturated heterocycles. The van der Waals surface area contributed by atoms with Crippen molar-refractivity contribution in [3.05, 3.63) is 22.7 Å². The largest absolute Gasteiger partial charge is 0.480 e. The smallest absolute Gasteiger partial charge is 0.230 e. The molecule has 2 rings (SSSR count). The average molecular weight is 271 g/mol. The molecule has 2 aromatic heterocycles. The lowest BCUT2D eigenvalue weighted by molar-refractivity contribution is 0.395. The van der Waals surface area contributed by atoms with E-state index < -0.39 is 0 Å². The summed E-state index contributed by atoms with van der Waals surface area (Å²) in [6, 6.07) is 0. The number of fused-ring (bicyclic) bond motifs is 1. The Balaban J connectivity index is 2.56. The highest BCUT2D eigenvalue weighted by Gasteiger charge is 2.09. The minimum atomic E-state index is 0.555. The minimum absolute atomic E-state index is 0.555. The topological polar surface area (TPSA) is 65.4 Å². The molecule has 2 N–H and O–H groups in total. The summed E-state index contributed by atoms with van der Waals surface area (Å²) in [4.78, 5) is 8.48. The molecule has 80 valence electrons. The zero-order chi connectivity index (χ0) is 10.8. The minimum Gasteiger partial charge on any atom is -0.480 e. The van der Waals surface area contributed by atoms with Crippen molar-refractivity contribution in [2.45, 2.75) is 6.42 Å². The van der Waals surface area contributed by atoms with Crippen molar-refractivity contribution in [2.24, 2.45) is 5.73 Å². The monoisotopic (exact) mass is 270 g/mol. The molecule has 0 radical (unpaired) electrons. The van der Waals surface area contributed by atoms with Gasteiger partial charge in [0.15, 0.2) is 5.65 Å². The molecule has 6 heteroatoms. The van der Waals surface area contributed by atoms with Crippen LogP contribution in [0.25, 0.3) is 5.65 Å². The molecule has 5 nitrogen and oxygen atoms in total. The van der Waals surface area contributed by atoms with Gasteiger partial charge in [0.25, 0.3) is 0 Å². The van der Waals surface area contributed by atoms with Crippen molar-refractivity contribution in [3.8, 4) is 5.88 Å². The zero-order valence-electron chi connectivity index (χ0n) is 8.27. The normalized spacial score (nSPS) is 10.9. The van der Waals surface area contributed by atoms with Crippen LogP contribution in [0.3, 0.4) is 0 Å². The Morgan fingerprint density at radius 1 is 1.60 bits per heavy atom. The van der Waals surface area contributed by atoms with Crippen LogP contribution in [0.1, 0.15) is 5.69 Å². The number of imidazole rings is 1. The van der Waals surface area contributed by atoms with E-state index in [1.807, 2.05) is 4.40 Å². The van der Waals surface area contributed by atoms with Gasteiger partial charge in [0.2, 0.25) is 5.88 Å². The highest BCUT2D eigenvalue weighted by atomic mass is 79.9. The number of nitrogens with two attached hydrogens (primary N) is 1. The molecule has 0 aliphatic rings. The molecule has 0 aliphatic heterocycles. The first-order valence-corrected chi connectivity index (χ1v) is 5.32. The molecule has 0 saturated carbocycles. The van der Waals surface area contributed by atoms with E-state index in [2.05, 4.69) is 25.9 Å². The third-order valence-electron chi connectivity index (χ3n) is 2.08. The van der Waals surface area contributed by atoms with E-state index in [9.17, 15) is 0 Å². The van der Waals surface area contributed by atoms with Gasteiger partial charge in [-0.2, -0.15) is 0 Å². The lowest BCUT2D eigenvalue weighted by Gasteiger charge is -1.99. The number of ether oxygens (including phenoxy) is 1. The Bertz CT molecular complexity index is 482. The number of methoxy groups -OCH3 is 1. The van der Waals surface area contributed by atoms with E-state index in [0.29, 0.717) is 12.4 Å². The summed E-state index contributed by atoms with van der Waals surface area (Å²) in [6.45, 7) is 0.576. The maximum Gasteiger partial charge on any atom is 0.230 e. The van der Waals surface area contributed by atoms with Gasteiger partial charge in [-0.05, 0) is 22.5 Å². The average Bonchev–Trinajstić information content (AvgIpc) is 2.56. The van der Waals surface area contributed by atoms with Crippen LogP contribution in [-0.4, -0.2) is 28.0 Å². The maximum absolute atomic E-state index is 5.50. The molecule has 0 aromatic carbocycles. The van der Waals surface area contributed by atoms with Crippen molar-refractivity contribution in [2.75, 3.05) is 13.7 Å². The van der Waals surface area contributed by atoms with Gasteiger partial charge >= 0.3 is 0 Å². The number of aromatic nitrogens is 3. The van der Waals surface area contributed by atoms with Crippen LogP contribution in [0.15, 0.2) is 17.0 Å². The van der Waals surface area contributed by atoms with Gasteiger partial charge in [-0.1, -0.05) is 0 Å². The Labute approximate surface area is 95.4 Å². The van der Waals surface area contributed by atoms with Crippen LogP contribution in [0, 0.1) is 0 Å². The standard InChI is InChI=1S/C9H11BrN4O/c1-15-8-5-14-7(4-12-8)13-6(2-3-11)9(14)10/h4-5H,2-3,11H2,1H3. The maximum atomic E-state index is 5.50. The number of hydrogen-bond acceptors (Lipinski definition) is 4. The molecule has 0 aliphatic carbocycles. The van der Waals surface area contributed by atoms with Crippen LogP contribution in [-0.2, 0) is 6.42 Å². The van der Waals surface area contributed by atoms with Crippen molar-refractivity contribution in [3.63, 3.8) is 0 Å².